The predicted molar refractivity (Wildman–Crippen MR) is 235 cm³/mol. The van der Waals surface area contributed by atoms with Crippen LogP contribution in [0.15, 0.2) is 47.9 Å². The van der Waals surface area contributed by atoms with Crippen LogP contribution < -0.4 is 5.32 Å². The quantitative estimate of drug-likeness (QED) is 0.0384. The number of hydrogen-bond acceptors (Lipinski definition) is 7. The van der Waals surface area contributed by atoms with Gasteiger partial charge in [-0.1, -0.05) is 115 Å². The second-order valence-electron chi connectivity index (χ2n) is 15.9. The van der Waals surface area contributed by atoms with Crippen molar-refractivity contribution in [2.75, 3.05) is 39.3 Å². The van der Waals surface area contributed by atoms with Crippen LogP contribution in [0.5, 0.6) is 0 Å². The zero-order valence-electron chi connectivity index (χ0n) is 35.6. The maximum Gasteiger partial charge on any atom is 0.305 e. The van der Waals surface area contributed by atoms with Gasteiger partial charge in [-0.25, -0.2) is 0 Å². The molecule has 0 spiro atoms. The van der Waals surface area contributed by atoms with Crippen molar-refractivity contribution in [3.63, 3.8) is 0 Å². The van der Waals surface area contributed by atoms with Gasteiger partial charge in [0.15, 0.2) is 0 Å². The standard InChI is InChI=1S/C47H83N5O3/c1-5-9-13-17-21-25-29-33-45-50-42(41-51(45)38-39-55-47(54)35-31-27-23-19-15-11-7-3)43(40-49-46(53)34-30-26-22-18-14-10-6-2)52-37-36-48-44(52)32-28-24-20-16-12-8-4/h5-7,42-43H,1-3,8-41H2,4H3,(H,49,53). The fraction of sp³-hybridized carbons (Fsp3) is 0.787. The van der Waals surface area contributed by atoms with Crippen molar-refractivity contribution in [1.82, 2.24) is 15.1 Å². The summed E-state index contributed by atoms with van der Waals surface area (Å²) in [7, 11) is 0. The van der Waals surface area contributed by atoms with Crippen LogP contribution >= 0.6 is 0 Å². The first-order chi connectivity index (χ1) is 27.0. The van der Waals surface area contributed by atoms with Crippen LogP contribution in [0.3, 0.4) is 0 Å². The van der Waals surface area contributed by atoms with Crippen molar-refractivity contribution in [2.45, 2.75) is 199 Å². The third kappa shape index (κ3) is 23.1. The van der Waals surface area contributed by atoms with Crippen LogP contribution in [0.2, 0.25) is 0 Å². The topological polar surface area (TPSA) is 86.6 Å². The van der Waals surface area contributed by atoms with E-state index in [-0.39, 0.29) is 24.0 Å². The lowest BCUT2D eigenvalue weighted by molar-refractivity contribution is -0.144. The molecule has 0 aromatic heterocycles. The van der Waals surface area contributed by atoms with E-state index in [1.807, 2.05) is 18.2 Å². The Bertz CT molecular complexity index is 1100. The molecular formula is C47H83N5O3. The second-order valence-corrected chi connectivity index (χ2v) is 15.9. The Morgan fingerprint density at radius 1 is 0.727 bits per heavy atom. The smallest absolute Gasteiger partial charge is 0.305 e. The van der Waals surface area contributed by atoms with Crippen LogP contribution in [0.25, 0.3) is 0 Å². The summed E-state index contributed by atoms with van der Waals surface area (Å²) in [5, 5.41) is 3.34. The van der Waals surface area contributed by atoms with Crippen LogP contribution in [0, 0.1) is 0 Å². The van der Waals surface area contributed by atoms with Crippen molar-refractivity contribution < 1.29 is 14.3 Å². The minimum Gasteiger partial charge on any atom is -0.464 e. The van der Waals surface area contributed by atoms with Crippen molar-refractivity contribution in [2.24, 2.45) is 9.98 Å². The molecule has 314 valence electrons. The van der Waals surface area contributed by atoms with Gasteiger partial charge in [0.25, 0.3) is 0 Å². The Balaban J connectivity index is 2.06. The summed E-state index contributed by atoms with van der Waals surface area (Å²) in [6.45, 7) is 17.8. The number of hydrogen-bond donors (Lipinski definition) is 1. The first kappa shape index (κ1) is 48.2. The molecule has 55 heavy (non-hydrogen) atoms. The molecule has 0 aromatic rings. The van der Waals surface area contributed by atoms with Crippen molar-refractivity contribution in [3.8, 4) is 0 Å². The number of nitrogens with zero attached hydrogens (tertiary/aromatic N) is 4. The molecule has 2 heterocycles. The molecule has 2 atom stereocenters. The molecular weight excluding hydrogens is 683 g/mol. The maximum atomic E-state index is 13.2. The summed E-state index contributed by atoms with van der Waals surface area (Å²) >= 11 is 0. The highest BCUT2D eigenvalue weighted by atomic mass is 16.5. The summed E-state index contributed by atoms with van der Waals surface area (Å²) in [4.78, 5) is 41.1. The lowest BCUT2D eigenvalue weighted by Crippen LogP contribution is -2.52. The predicted octanol–water partition coefficient (Wildman–Crippen LogP) is 11.3. The highest BCUT2D eigenvalue weighted by Crippen LogP contribution is 2.24. The molecule has 0 saturated heterocycles. The lowest BCUT2D eigenvalue weighted by Gasteiger charge is -2.34. The van der Waals surface area contributed by atoms with Crippen LogP contribution in [-0.2, 0) is 14.3 Å². The number of rotatable bonds is 38. The Kier molecular flexibility index (Phi) is 29.2. The number of ether oxygens (including phenoxy) is 1. The number of amidine groups is 2. The number of carbonyl (C=O) groups is 2. The molecule has 2 unspecified atom stereocenters. The van der Waals surface area contributed by atoms with Gasteiger partial charge >= 0.3 is 5.97 Å². The number of unbranched alkanes of at least 4 members (excludes halogenated alkanes) is 20. The molecule has 2 aliphatic heterocycles. The molecule has 8 nitrogen and oxygen atoms in total. The zero-order valence-corrected chi connectivity index (χ0v) is 35.6. The summed E-state index contributed by atoms with van der Waals surface area (Å²) in [5.41, 5.74) is 0. The van der Waals surface area contributed by atoms with E-state index in [4.69, 9.17) is 14.7 Å². The number of nitrogens with one attached hydrogen (secondary N) is 1. The SMILES string of the molecule is C=CCCCCCCCC(=O)NCC(C1CN(CCOC(=O)CCCCCCCC=C)C(CCCCCCCC=C)=N1)N1CCN=C1CCCCCCCC. The molecule has 2 rings (SSSR count). The van der Waals surface area contributed by atoms with Gasteiger partial charge in [0.2, 0.25) is 5.91 Å². The van der Waals surface area contributed by atoms with Crippen molar-refractivity contribution in [1.29, 1.82) is 0 Å². The van der Waals surface area contributed by atoms with Crippen LogP contribution in [0.1, 0.15) is 187 Å². The number of allylic oxidation sites excluding steroid dienone is 3. The van der Waals surface area contributed by atoms with Gasteiger partial charge in [0.05, 0.1) is 36.8 Å². The molecule has 0 radical (unpaired) electrons. The summed E-state index contributed by atoms with van der Waals surface area (Å²) in [6, 6.07) is 0.0783. The molecule has 0 aromatic carbocycles. The summed E-state index contributed by atoms with van der Waals surface area (Å²) in [5.74, 6) is 2.38. The molecule has 1 N–H and O–H groups in total. The van der Waals surface area contributed by atoms with Crippen molar-refractivity contribution >= 4 is 23.5 Å². The minimum atomic E-state index is -0.0928. The Labute approximate surface area is 338 Å². The molecule has 8 heteroatoms. The highest BCUT2D eigenvalue weighted by Gasteiger charge is 2.37. The van der Waals surface area contributed by atoms with E-state index in [2.05, 4.69) is 41.8 Å². The van der Waals surface area contributed by atoms with E-state index < -0.39 is 0 Å². The fourth-order valence-electron chi connectivity index (χ4n) is 7.84. The molecule has 1 amide bonds. The summed E-state index contributed by atoms with van der Waals surface area (Å²) in [6.07, 6.45) is 36.8. The zero-order chi connectivity index (χ0) is 39.6. The largest absolute Gasteiger partial charge is 0.464 e. The van der Waals surface area contributed by atoms with Gasteiger partial charge in [-0.05, 0) is 64.2 Å². The van der Waals surface area contributed by atoms with Gasteiger partial charge in [0.1, 0.15) is 6.61 Å². The lowest BCUT2D eigenvalue weighted by atomic mass is 10.0. The normalized spacial score (nSPS) is 15.8. The number of amides is 1. The van der Waals surface area contributed by atoms with E-state index in [0.29, 0.717) is 32.5 Å². The number of carbonyl (C=O) groups excluding carboxylic acids is 2. The molecule has 0 fully saturated rings. The maximum absolute atomic E-state index is 13.2. The third-order valence-electron chi connectivity index (χ3n) is 11.2. The molecule has 2 aliphatic rings. The number of esters is 1. The molecule has 0 saturated carbocycles. The molecule has 0 bridgehead atoms. The highest BCUT2D eigenvalue weighted by molar-refractivity contribution is 5.86. The van der Waals surface area contributed by atoms with Crippen LogP contribution in [0.4, 0.5) is 0 Å². The van der Waals surface area contributed by atoms with Gasteiger partial charge in [0, 0.05) is 45.3 Å². The fourth-order valence-corrected chi connectivity index (χ4v) is 7.84. The minimum absolute atomic E-state index is 0.0254. The average molecular weight is 766 g/mol. The Morgan fingerprint density at radius 3 is 1.85 bits per heavy atom. The van der Waals surface area contributed by atoms with Crippen molar-refractivity contribution in [3.05, 3.63) is 38.0 Å². The van der Waals surface area contributed by atoms with Crippen LogP contribution in [-0.4, -0.2) is 84.8 Å². The summed E-state index contributed by atoms with van der Waals surface area (Å²) < 4.78 is 5.78. The van der Waals surface area contributed by atoms with Gasteiger partial charge in [-0.15, -0.1) is 19.7 Å². The van der Waals surface area contributed by atoms with Gasteiger partial charge in [-0.3, -0.25) is 19.6 Å². The first-order valence-corrected chi connectivity index (χ1v) is 22.9. The third-order valence-corrected chi connectivity index (χ3v) is 11.2. The van der Waals surface area contributed by atoms with E-state index in [9.17, 15) is 9.59 Å². The van der Waals surface area contributed by atoms with E-state index in [1.54, 1.807) is 0 Å². The molecule has 0 aliphatic carbocycles. The Hall–Kier alpha value is -2.90. The van der Waals surface area contributed by atoms with E-state index in [0.717, 1.165) is 103 Å². The van der Waals surface area contributed by atoms with Gasteiger partial charge < -0.3 is 19.9 Å². The average Bonchev–Trinajstić information content (AvgIpc) is 3.82. The Morgan fingerprint density at radius 2 is 1.25 bits per heavy atom. The number of aliphatic imine (C=N–C) groups is 2. The van der Waals surface area contributed by atoms with Gasteiger partial charge in [-0.2, -0.15) is 0 Å². The first-order valence-electron chi connectivity index (χ1n) is 22.9. The van der Waals surface area contributed by atoms with E-state index >= 15 is 0 Å². The monoisotopic (exact) mass is 766 g/mol. The second kappa shape index (κ2) is 33.3. The van der Waals surface area contributed by atoms with E-state index in [1.165, 1.54) is 95.7 Å².